The Balaban J connectivity index is 1.54. The number of nitro benzene ring substituents is 1. The van der Waals surface area contributed by atoms with Crippen molar-refractivity contribution in [3.63, 3.8) is 0 Å². The molecule has 1 aliphatic heterocycles. The van der Waals surface area contributed by atoms with E-state index in [-0.39, 0.29) is 36.3 Å². The lowest BCUT2D eigenvalue weighted by molar-refractivity contribution is -0.383. The summed E-state index contributed by atoms with van der Waals surface area (Å²) in [5.74, 6) is -2.17. The van der Waals surface area contributed by atoms with Crippen molar-refractivity contribution in [3.8, 4) is 0 Å². The average molecular weight is 411 g/mol. The van der Waals surface area contributed by atoms with Gasteiger partial charge < -0.3 is 15.0 Å². The standard InChI is InChI=1S/C21H21N3O6/c1-14(15-7-3-2-4-8-15)23-12-16(11-20(23)26)21(27)30-13-19(25)22-17-9-5-6-10-18(17)24(28)29/h2-10,14,16H,11-13H2,1H3,(H,22,25)/t14-,16+/m0/s1. The van der Waals surface area contributed by atoms with Crippen LogP contribution in [0, 0.1) is 16.0 Å². The number of esters is 1. The Morgan fingerprint density at radius 3 is 2.57 bits per heavy atom. The van der Waals surface area contributed by atoms with Gasteiger partial charge in [-0.2, -0.15) is 0 Å². The highest BCUT2D eigenvalue weighted by atomic mass is 16.6. The van der Waals surface area contributed by atoms with Gasteiger partial charge in [-0.3, -0.25) is 24.5 Å². The molecule has 0 unspecified atom stereocenters. The van der Waals surface area contributed by atoms with Crippen LogP contribution in [0.3, 0.4) is 0 Å². The minimum Gasteiger partial charge on any atom is -0.455 e. The topological polar surface area (TPSA) is 119 Å². The first-order valence-corrected chi connectivity index (χ1v) is 9.41. The molecule has 0 bridgehead atoms. The van der Waals surface area contributed by atoms with E-state index in [0.29, 0.717) is 0 Å². The Labute approximate surface area is 172 Å². The summed E-state index contributed by atoms with van der Waals surface area (Å²) in [6.45, 7) is 1.50. The number of ether oxygens (including phenoxy) is 1. The number of nitro groups is 1. The molecule has 2 aromatic carbocycles. The van der Waals surface area contributed by atoms with Crippen molar-refractivity contribution >= 4 is 29.2 Å². The highest BCUT2D eigenvalue weighted by Crippen LogP contribution is 2.29. The molecule has 2 atom stereocenters. The molecule has 3 rings (SSSR count). The van der Waals surface area contributed by atoms with Gasteiger partial charge in [-0.05, 0) is 18.6 Å². The van der Waals surface area contributed by atoms with E-state index in [1.807, 2.05) is 37.3 Å². The molecule has 1 aliphatic rings. The van der Waals surface area contributed by atoms with E-state index in [1.54, 1.807) is 11.0 Å². The van der Waals surface area contributed by atoms with E-state index in [9.17, 15) is 24.5 Å². The molecule has 2 amide bonds. The zero-order valence-electron chi connectivity index (χ0n) is 16.3. The van der Waals surface area contributed by atoms with Gasteiger partial charge in [0.2, 0.25) is 5.91 Å². The smallest absolute Gasteiger partial charge is 0.311 e. The predicted octanol–water partition coefficient (Wildman–Crippen LogP) is 2.69. The Morgan fingerprint density at radius 2 is 1.87 bits per heavy atom. The van der Waals surface area contributed by atoms with E-state index in [0.717, 1.165) is 5.56 Å². The molecule has 0 aliphatic carbocycles. The van der Waals surface area contributed by atoms with Crippen LogP contribution in [0.1, 0.15) is 24.9 Å². The normalized spacial score (nSPS) is 16.8. The number of para-hydroxylation sites is 2. The number of hydrogen-bond donors (Lipinski definition) is 1. The van der Waals surface area contributed by atoms with Crippen LogP contribution >= 0.6 is 0 Å². The van der Waals surface area contributed by atoms with Gasteiger partial charge >= 0.3 is 5.97 Å². The van der Waals surface area contributed by atoms with Gasteiger partial charge in [0.1, 0.15) is 5.69 Å². The van der Waals surface area contributed by atoms with E-state index in [2.05, 4.69) is 5.32 Å². The molecule has 2 aromatic rings. The zero-order chi connectivity index (χ0) is 21.7. The molecule has 0 spiro atoms. The van der Waals surface area contributed by atoms with Crippen LogP contribution in [0.5, 0.6) is 0 Å². The molecular weight excluding hydrogens is 390 g/mol. The number of amides is 2. The SMILES string of the molecule is C[C@@H](c1ccccc1)N1C[C@H](C(=O)OCC(=O)Nc2ccccc2[N+](=O)[O-])CC1=O. The van der Waals surface area contributed by atoms with Crippen molar-refractivity contribution in [2.75, 3.05) is 18.5 Å². The fourth-order valence-corrected chi connectivity index (χ4v) is 3.35. The van der Waals surface area contributed by atoms with E-state index in [4.69, 9.17) is 4.74 Å². The number of benzene rings is 2. The van der Waals surface area contributed by atoms with Gasteiger partial charge in [0.25, 0.3) is 11.6 Å². The summed E-state index contributed by atoms with van der Waals surface area (Å²) in [7, 11) is 0. The molecule has 1 saturated heterocycles. The van der Waals surface area contributed by atoms with Crippen molar-refractivity contribution in [3.05, 3.63) is 70.3 Å². The number of anilines is 1. The molecule has 156 valence electrons. The molecule has 0 saturated carbocycles. The summed E-state index contributed by atoms with van der Waals surface area (Å²) in [4.78, 5) is 48.7. The second kappa shape index (κ2) is 9.17. The number of nitrogens with zero attached hydrogens (tertiary/aromatic N) is 2. The number of nitrogens with one attached hydrogen (secondary N) is 1. The van der Waals surface area contributed by atoms with Gasteiger partial charge in [0.15, 0.2) is 6.61 Å². The van der Waals surface area contributed by atoms with Crippen molar-refractivity contribution < 1.29 is 24.0 Å². The minimum atomic E-state index is -0.698. The molecule has 1 heterocycles. The first kappa shape index (κ1) is 21.0. The molecule has 1 fully saturated rings. The Bertz CT molecular complexity index is 962. The van der Waals surface area contributed by atoms with Crippen LogP contribution in [0.2, 0.25) is 0 Å². The third-order valence-corrected chi connectivity index (χ3v) is 4.96. The monoisotopic (exact) mass is 411 g/mol. The summed E-state index contributed by atoms with van der Waals surface area (Å²) in [6, 6.07) is 15.0. The zero-order valence-corrected chi connectivity index (χ0v) is 16.3. The van der Waals surface area contributed by atoms with Crippen molar-refractivity contribution in [1.29, 1.82) is 0 Å². The van der Waals surface area contributed by atoms with Crippen LogP contribution < -0.4 is 5.32 Å². The number of rotatable bonds is 7. The quantitative estimate of drug-likeness (QED) is 0.425. The average Bonchev–Trinajstić information content (AvgIpc) is 3.14. The lowest BCUT2D eigenvalue weighted by Crippen LogP contribution is -2.30. The van der Waals surface area contributed by atoms with Crippen LogP contribution in [0.25, 0.3) is 0 Å². The lowest BCUT2D eigenvalue weighted by Gasteiger charge is -2.25. The van der Waals surface area contributed by atoms with Gasteiger partial charge in [-0.25, -0.2) is 0 Å². The van der Waals surface area contributed by atoms with Gasteiger partial charge in [0, 0.05) is 19.0 Å². The number of likely N-dealkylation sites (tertiary alicyclic amines) is 1. The van der Waals surface area contributed by atoms with Crippen LogP contribution in [0.4, 0.5) is 11.4 Å². The summed E-state index contributed by atoms with van der Waals surface area (Å²) in [5.41, 5.74) is 0.718. The largest absolute Gasteiger partial charge is 0.455 e. The second-order valence-corrected chi connectivity index (χ2v) is 6.96. The molecule has 30 heavy (non-hydrogen) atoms. The van der Waals surface area contributed by atoms with E-state index >= 15 is 0 Å². The lowest BCUT2D eigenvalue weighted by atomic mass is 10.1. The van der Waals surface area contributed by atoms with Crippen molar-refractivity contribution in [2.45, 2.75) is 19.4 Å². The predicted molar refractivity (Wildman–Crippen MR) is 107 cm³/mol. The molecule has 0 radical (unpaired) electrons. The first-order chi connectivity index (χ1) is 14.4. The van der Waals surface area contributed by atoms with Gasteiger partial charge in [0.05, 0.1) is 16.9 Å². The van der Waals surface area contributed by atoms with Gasteiger partial charge in [-0.15, -0.1) is 0 Å². The van der Waals surface area contributed by atoms with Gasteiger partial charge in [-0.1, -0.05) is 42.5 Å². The van der Waals surface area contributed by atoms with Crippen LogP contribution in [-0.2, 0) is 19.1 Å². The van der Waals surface area contributed by atoms with Crippen LogP contribution in [-0.4, -0.2) is 40.8 Å². The number of carbonyl (C=O) groups excluding carboxylic acids is 3. The Morgan fingerprint density at radius 1 is 1.20 bits per heavy atom. The number of hydrogen-bond acceptors (Lipinski definition) is 6. The maximum atomic E-state index is 12.4. The molecular formula is C21H21N3O6. The fourth-order valence-electron chi connectivity index (χ4n) is 3.35. The Kier molecular flexibility index (Phi) is 6.41. The summed E-state index contributed by atoms with van der Waals surface area (Å²) >= 11 is 0. The first-order valence-electron chi connectivity index (χ1n) is 9.41. The highest BCUT2D eigenvalue weighted by Gasteiger charge is 2.38. The maximum absolute atomic E-state index is 12.4. The molecule has 0 aromatic heterocycles. The molecule has 9 heteroatoms. The summed E-state index contributed by atoms with van der Waals surface area (Å²) in [6.07, 6.45) is 0.0157. The summed E-state index contributed by atoms with van der Waals surface area (Å²) < 4.78 is 5.04. The number of carbonyl (C=O) groups is 3. The molecule has 1 N–H and O–H groups in total. The van der Waals surface area contributed by atoms with Crippen molar-refractivity contribution in [1.82, 2.24) is 4.90 Å². The maximum Gasteiger partial charge on any atom is 0.311 e. The Hall–Kier alpha value is -3.75. The van der Waals surface area contributed by atoms with Crippen LogP contribution in [0.15, 0.2) is 54.6 Å². The second-order valence-electron chi connectivity index (χ2n) is 6.96. The van der Waals surface area contributed by atoms with E-state index in [1.165, 1.54) is 18.2 Å². The highest BCUT2D eigenvalue weighted by molar-refractivity contribution is 5.95. The van der Waals surface area contributed by atoms with Crippen molar-refractivity contribution in [2.24, 2.45) is 5.92 Å². The van der Waals surface area contributed by atoms with E-state index < -0.39 is 29.3 Å². The fraction of sp³-hybridized carbons (Fsp3) is 0.286. The third-order valence-electron chi connectivity index (χ3n) is 4.96. The molecule has 9 nitrogen and oxygen atoms in total. The summed E-state index contributed by atoms with van der Waals surface area (Å²) in [5, 5.41) is 13.4. The minimum absolute atomic E-state index is 0.0157. The third kappa shape index (κ3) is 4.80.